The Morgan fingerprint density at radius 1 is 1.06 bits per heavy atom. The van der Waals surface area contributed by atoms with Crippen LogP contribution in [0.3, 0.4) is 0 Å². The van der Waals surface area contributed by atoms with Crippen molar-refractivity contribution in [3.63, 3.8) is 0 Å². The van der Waals surface area contributed by atoms with Gasteiger partial charge < -0.3 is 4.74 Å². The normalized spacial score (nSPS) is 33.1. The quantitative estimate of drug-likeness (QED) is 0.761. The predicted molar refractivity (Wildman–Crippen MR) is 74.5 cm³/mol. The molecule has 1 fully saturated rings. The number of rotatable bonds is 2. The van der Waals surface area contributed by atoms with Gasteiger partial charge in [-0.25, -0.2) is 0 Å². The Balaban J connectivity index is 1.89. The van der Waals surface area contributed by atoms with Crippen LogP contribution < -0.4 is 0 Å². The van der Waals surface area contributed by atoms with E-state index in [4.69, 9.17) is 4.74 Å². The Bertz CT molecular complexity index is 470. The lowest BCUT2D eigenvalue weighted by atomic mass is 9.68. The van der Waals surface area contributed by atoms with E-state index in [1.54, 1.807) is 0 Å². The number of ether oxygens (including phenoxy) is 1. The van der Waals surface area contributed by atoms with Crippen LogP contribution in [0.2, 0.25) is 0 Å². The third kappa shape index (κ3) is 1.93. The molecule has 0 bridgehead atoms. The van der Waals surface area contributed by atoms with Gasteiger partial charge in [0, 0.05) is 11.8 Å². The summed E-state index contributed by atoms with van der Waals surface area (Å²) in [5.74, 6) is 1.66. The molecule has 0 saturated carbocycles. The summed E-state index contributed by atoms with van der Waals surface area (Å²) < 4.78 is 5.71. The first kappa shape index (κ1) is 11.7. The maximum Gasteiger partial charge on any atom is 0.0682 e. The van der Waals surface area contributed by atoms with E-state index in [1.165, 1.54) is 5.56 Å². The van der Waals surface area contributed by atoms with Gasteiger partial charge >= 0.3 is 0 Å². The van der Waals surface area contributed by atoms with Crippen molar-refractivity contribution in [2.75, 3.05) is 6.61 Å². The molecule has 2 aliphatic rings. The molecule has 1 aliphatic carbocycles. The SMILES string of the molecule is CC1(C)OCC1C1C=CC=CC1c1ccccc1. The van der Waals surface area contributed by atoms with Gasteiger partial charge in [0.2, 0.25) is 0 Å². The minimum absolute atomic E-state index is 0.0210. The van der Waals surface area contributed by atoms with Crippen molar-refractivity contribution in [2.24, 2.45) is 11.8 Å². The van der Waals surface area contributed by atoms with E-state index in [1.807, 2.05) is 0 Å². The van der Waals surface area contributed by atoms with Crippen molar-refractivity contribution >= 4 is 0 Å². The second-order valence-corrected chi connectivity index (χ2v) is 5.80. The molecular weight excluding hydrogens is 220 g/mol. The molecule has 1 aromatic carbocycles. The predicted octanol–water partition coefficient (Wildman–Crippen LogP) is 3.94. The highest BCUT2D eigenvalue weighted by Crippen LogP contribution is 2.45. The van der Waals surface area contributed by atoms with Gasteiger partial charge in [-0.15, -0.1) is 0 Å². The molecule has 0 radical (unpaired) electrons. The van der Waals surface area contributed by atoms with Gasteiger partial charge in [-0.3, -0.25) is 0 Å². The van der Waals surface area contributed by atoms with Crippen molar-refractivity contribution < 1.29 is 4.74 Å². The Morgan fingerprint density at radius 2 is 1.78 bits per heavy atom. The summed E-state index contributed by atoms with van der Waals surface area (Å²) in [5, 5.41) is 0. The summed E-state index contributed by atoms with van der Waals surface area (Å²) in [6, 6.07) is 10.8. The van der Waals surface area contributed by atoms with Crippen LogP contribution in [-0.4, -0.2) is 12.2 Å². The average molecular weight is 240 g/mol. The van der Waals surface area contributed by atoms with Crippen molar-refractivity contribution in [1.82, 2.24) is 0 Å². The molecule has 0 aromatic heterocycles. The van der Waals surface area contributed by atoms with Crippen LogP contribution in [0.1, 0.15) is 25.3 Å². The molecule has 94 valence electrons. The Labute approximate surface area is 109 Å². The molecule has 18 heavy (non-hydrogen) atoms. The standard InChI is InChI=1S/C17H20O/c1-17(2)16(12-18-17)15-11-7-6-10-14(15)13-8-4-3-5-9-13/h3-11,14-16H,12H2,1-2H3. The van der Waals surface area contributed by atoms with Gasteiger partial charge in [0.1, 0.15) is 0 Å². The maximum absolute atomic E-state index is 5.71. The van der Waals surface area contributed by atoms with E-state index in [9.17, 15) is 0 Å². The molecule has 1 heteroatoms. The van der Waals surface area contributed by atoms with E-state index in [-0.39, 0.29) is 5.60 Å². The van der Waals surface area contributed by atoms with Crippen LogP contribution in [0, 0.1) is 11.8 Å². The molecule has 1 nitrogen and oxygen atoms in total. The fourth-order valence-electron chi connectivity index (χ4n) is 3.10. The summed E-state index contributed by atoms with van der Waals surface area (Å²) in [6.07, 6.45) is 9.03. The molecule has 1 aromatic rings. The van der Waals surface area contributed by atoms with E-state index < -0.39 is 0 Å². The van der Waals surface area contributed by atoms with E-state index >= 15 is 0 Å². The first-order valence-electron chi connectivity index (χ1n) is 6.72. The fourth-order valence-corrected chi connectivity index (χ4v) is 3.10. The van der Waals surface area contributed by atoms with Crippen LogP contribution in [-0.2, 0) is 4.74 Å². The number of hydrogen-bond donors (Lipinski definition) is 0. The van der Waals surface area contributed by atoms with Crippen molar-refractivity contribution in [2.45, 2.75) is 25.4 Å². The highest BCUT2D eigenvalue weighted by molar-refractivity contribution is 5.31. The summed E-state index contributed by atoms with van der Waals surface area (Å²) in [5.41, 5.74) is 1.43. The molecule has 0 N–H and O–H groups in total. The monoisotopic (exact) mass is 240 g/mol. The zero-order chi connectivity index (χ0) is 12.6. The number of benzene rings is 1. The van der Waals surface area contributed by atoms with Crippen LogP contribution in [0.25, 0.3) is 0 Å². The van der Waals surface area contributed by atoms with Crippen LogP contribution in [0.5, 0.6) is 0 Å². The summed E-state index contributed by atoms with van der Waals surface area (Å²) >= 11 is 0. The molecule has 3 atom stereocenters. The highest BCUT2D eigenvalue weighted by atomic mass is 16.5. The maximum atomic E-state index is 5.71. The largest absolute Gasteiger partial charge is 0.375 e. The first-order chi connectivity index (χ1) is 8.68. The molecule has 1 saturated heterocycles. The van der Waals surface area contributed by atoms with Crippen molar-refractivity contribution in [1.29, 1.82) is 0 Å². The summed E-state index contributed by atoms with van der Waals surface area (Å²) in [6.45, 7) is 5.30. The molecule has 1 aliphatic heterocycles. The summed E-state index contributed by atoms with van der Waals surface area (Å²) in [7, 11) is 0. The smallest absolute Gasteiger partial charge is 0.0682 e. The fraction of sp³-hybridized carbons (Fsp3) is 0.412. The Morgan fingerprint density at radius 3 is 2.39 bits per heavy atom. The summed E-state index contributed by atoms with van der Waals surface area (Å²) in [4.78, 5) is 0. The van der Waals surface area contributed by atoms with Crippen molar-refractivity contribution in [3.8, 4) is 0 Å². The zero-order valence-corrected chi connectivity index (χ0v) is 11.0. The van der Waals surface area contributed by atoms with Gasteiger partial charge in [-0.05, 0) is 25.3 Å². The lowest BCUT2D eigenvalue weighted by Crippen LogP contribution is -2.53. The van der Waals surface area contributed by atoms with Gasteiger partial charge in [-0.2, -0.15) is 0 Å². The van der Waals surface area contributed by atoms with Gasteiger partial charge in [-0.1, -0.05) is 54.6 Å². The van der Waals surface area contributed by atoms with Crippen molar-refractivity contribution in [3.05, 3.63) is 60.2 Å². The van der Waals surface area contributed by atoms with E-state index in [0.29, 0.717) is 17.8 Å². The molecular formula is C17H20O. The van der Waals surface area contributed by atoms with Gasteiger partial charge in [0.15, 0.2) is 0 Å². The molecule has 1 heterocycles. The van der Waals surface area contributed by atoms with Crippen LogP contribution in [0.15, 0.2) is 54.6 Å². The Hall–Kier alpha value is -1.34. The third-order valence-corrected chi connectivity index (χ3v) is 4.35. The second kappa shape index (κ2) is 4.40. The van der Waals surface area contributed by atoms with Crippen LogP contribution in [0.4, 0.5) is 0 Å². The highest BCUT2D eigenvalue weighted by Gasteiger charge is 2.46. The first-order valence-corrected chi connectivity index (χ1v) is 6.72. The second-order valence-electron chi connectivity index (χ2n) is 5.80. The van der Waals surface area contributed by atoms with E-state index in [0.717, 1.165) is 6.61 Å². The minimum atomic E-state index is 0.0210. The topological polar surface area (TPSA) is 9.23 Å². The lowest BCUT2D eigenvalue weighted by Gasteiger charge is -2.49. The van der Waals surface area contributed by atoms with Gasteiger partial charge in [0.05, 0.1) is 12.2 Å². The van der Waals surface area contributed by atoms with E-state index in [2.05, 4.69) is 68.5 Å². The Kier molecular flexibility index (Phi) is 2.87. The number of allylic oxidation sites excluding steroid dienone is 4. The molecule has 0 spiro atoms. The molecule has 3 unspecified atom stereocenters. The number of hydrogen-bond acceptors (Lipinski definition) is 1. The molecule has 0 amide bonds. The molecule has 3 rings (SSSR count). The zero-order valence-electron chi connectivity index (χ0n) is 11.0. The third-order valence-electron chi connectivity index (χ3n) is 4.35. The lowest BCUT2D eigenvalue weighted by molar-refractivity contribution is -0.196. The van der Waals surface area contributed by atoms with Gasteiger partial charge in [0.25, 0.3) is 0 Å². The minimum Gasteiger partial charge on any atom is -0.375 e. The average Bonchev–Trinajstić information content (AvgIpc) is 2.39. The van der Waals surface area contributed by atoms with Crippen LogP contribution >= 0.6 is 0 Å².